The Kier molecular flexibility index (Phi) is 5.58. The molecule has 1 rings (SSSR count). The average Bonchev–Trinajstić information content (AvgIpc) is 2.78. The lowest BCUT2D eigenvalue weighted by atomic mass is 10.1. The predicted molar refractivity (Wildman–Crippen MR) is 72.8 cm³/mol. The maximum absolute atomic E-state index is 11.0. The van der Waals surface area contributed by atoms with E-state index in [4.69, 9.17) is 5.14 Å². The second-order valence-corrected chi connectivity index (χ2v) is 7.90. The number of allylic oxidation sites excluding steroid dienone is 1. The van der Waals surface area contributed by atoms with Crippen molar-refractivity contribution in [3.8, 4) is 0 Å². The standard InChI is InChI=1S/C7H13NO2S.C5H11NO2/c1-6(2)5-7(3-4-7)11(8,9)10;1-5(2,3)6-4(7)8/h5H,3-4H2,1-2H3,(H2,8,9,10);6H,1-3H3,(H,7,8)/p-1. The summed E-state index contributed by atoms with van der Waals surface area (Å²) in [5, 5.41) is 17.0. The van der Waals surface area contributed by atoms with Crippen LogP contribution < -0.4 is 15.6 Å². The highest BCUT2D eigenvalue weighted by Crippen LogP contribution is 2.43. The molecule has 6 nitrogen and oxygen atoms in total. The molecule has 0 unspecified atom stereocenters. The lowest BCUT2D eigenvalue weighted by molar-refractivity contribution is -0.252. The maximum atomic E-state index is 11.0. The van der Waals surface area contributed by atoms with Gasteiger partial charge in [-0.3, -0.25) is 0 Å². The van der Waals surface area contributed by atoms with E-state index in [0.29, 0.717) is 12.8 Å². The highest BCUT2D eigenvalue weighted by Gasteiger charge is 2.50. The molecule has 0 aromatic carbocycles. The van der Waals surface area contributed by atoms with Gasteiger partial charge in [0.2, 0.25) is 10.0 Å². The first-order valence-electron chi connectivity index (χ1n) is 5.97. The number of hydrogen-bond acceptors (Lipinski definition) is 4. The van der Waals surface area contributed by atoms with Crippen LogP contribution in [0.3, 0.4) is 0 Å². The summed E-state index contributed by atoms with van der Waals surface area (Å²) in [6.07, 6.45) is 1.88. The molecule has 0 heterocycles. The number of carbonyl (C=O) groups excluding carboxylic acids is 1. The first-order chi connectivity index (χ1) is 8.29. The summed E-state index contributed by atoms with van der Waals surface area (Å²) in [7, 11) is -3.36. The number of nitrogens with one attached hydrogen (secondary N) is 1. The van der Waals surface area contributed by atoms with Gasteiger partial charge >= 0.3 is 0 Å². The van der Waals surface area contributed by atoms with Crippen molar-refractivity contribution < 1.29 is 18.3 Å². The van der Waals surface area contributed by atoms with Crippen LogP contribution >= 0.6 is 0 Å². The Bertz CT molecular complexity index is 453. The van der Waals surface area contributed by atoms with Crippen LogP contribution in [0.4, 0.5) is 4.79 Å². The molecule has 0 spiro atoms. The van der Waals surface area contributed by atoms with E-state index in [-0.39, 0.29) is 0 Å². The van der Waals surface area contributed by atoms with E-state index in [9.17, 15) is 18.3 Å². The summed E-state index contributed by atoms with van der Waals surface area (Å²) in [5.41, 5.74) is 0.621. The van der Waals surface area contributed by atoms with Crippen molar-refractivity contribution in [2.75, 3.05) is 0 Å². The van der Waals surface area contributed by atoms with Gasteiger partial charge in [0.15, 0.2) is 0 Å². The number of sulfonamides is 1. The summed E-state index contributed by atoms with van der Waals surface area (Å²) in [5.74, 6) is 0. The maximum Gasteiger partial charge on any atom is 0.218 e. The Morgan fingerprint density at radius 3 is 1.79 bits per heavy atom. The molecule has 1 fully saturated rings. The summed E-state index contributed by atoms with van der Waals surface area (Å²) in [6, 6.07) is 0. The molecule has 7 heteroatoms. The third kappa shape index (κ3) is 7.17. The molecule has 19 heavy (non-hydrogen) atoms. The number of primary sulfonamides is 1. The average molecular weight is 291 g/mol. The monoisotopic (exact) mass is 291 g/mol. The van der Waals surface area contributed by atoms with Gasteiger partial charge in [-0.1, -0.05) is 11.6 Å². The van der Waals surface area contributed by atoms with Crippen molar-refractivity contribution in [3.05, 3.63) is 11.6 Å². The molecule has 3 N–H and O–H groups in total. The van der Waals surface area contributed by atoms with E-state index in [1.807, 2.05) is 13.8 Å². The summed E-state index contributed by atoms with van der Waals surface area (Å²) < 4.78 is 21.3. The van der Waals surface area contributed by atoms with Crippen molar-refractivity contribution in [1.82, 2.24) is 5.32 Å². The Labute approximate surface area is 115 Å². The molecule has 112 valence electrons. The summed E-state index contributed by atoms with van der Waals surface area (Å²) >= 11 is 0. The molecular formula is C12H23N2O4S-. The van der Waals surface area contributed by atoms with E-state index in [2.05, 4.69) is 5.32 Å². The van der Waals surface area contributed by atoms with Crippen molar-refractivity contribution >= 4 is 16.1 Å². The molecule has 0 aliphatic heterocycles. The van der Waals surface area contributed by atoms with Crippen LogP contribution in [-0.2, 0) is 10.0 Å². The lowest BCUT2D eigenvalue weighted by Gasteiger charge is -2.21. The molecular weight excluding hydrogens is 268 g/mol. The van der Waals surface area contributed by atoms with Gasteiger partial charge in [-0.15, -0.1) is 0 Å². The van der Waals surface area contributed by atoms with E-state index in [1.165, 1.54) is 0 Å². The van der Waals surface area contributed by atoms with Gasteiger partial charge in [0, 0.05) is 5.54 Å². The van der Waals surface area contributed by atoms with Crippen molar-refractivity contribution in [2.24, 2.45) is 5.14 Å². The van der Waals surface area contributed by atoms with Crippen LogP contribution in [0.1, 0.15) is 47.5 Å². The Hall–Kier alpha value is -1.08. The topological polar surface area (TPSA) is 112 Å². The van der Waals surface area contributed by atoms with Gasteiger partial charge < -0.3 is 15.2 Å². The third-order valence-corrected chi connectivity index (χ3v) is 4.00. The number of carbonyl (C=O) groups is 1. The smallest absolute Gasteiger partial charge is 0.218 e. The zero-order valence-corrected chi connectivity index (χ0v) is 12.9. The van der Waals surface area contributed by atoms with Gasteiger partial charge in [-0.25, -0.2) is 13.6 Å². The van der Waals surface area contributed by atoms with Gasteiger partial charge in [0.25, 0.3) is 0 Å². The molecule has 0 radical (unpaired) electrons. The lowest BCUT2D eigenvalue weighted by Crippen LogP contribution is -2.47. The van der Waals surface area contributed by atoms with Gasteiger partial charge in [-0.05, 0) is 47.5 Å². The van der Waals surface area contributed by atoms with Gasteiger partial charge in [-0.2, -0.15) is 0 Å². The second-order valence-electron chi connectivity index (χ2n) is 5.99. The molecule has 0 atom stereocenters. The van der Waals surface area contributed by atoms with E-state index in [1.54, 1.807) is 26.8 Å². The van der Waals surface area contributed by atoms with Crippen molar-refractivity contribution in [1.29, 1.82) is 0 Å². The van der Waals surface area contributed by atoms with Crippen molar-refractivity contribution in [2.45, 2.75) is 57.7 Å². The Morgan fingerprint density at radius 2 is 1.74 bits per heavy atom. The van der Waals surface area contributed by atoms with E-state index >= 15 is 0 Å². The second kappa shape index (κ2) is 5.92. The quantitative estimate of drug-likeness (QED) is 0.721. The zero-order chi connectivity index (χ0) is 15.5. The number of amides is 1. The first-order valence-corrected chi connectivity index (χ1v) is 7.51. The molecule has 0 bridgehead atoms. The highest BCUT2D eigenvalue weighted by molar-refractivity contribution is 7.91. The normalized spacial score (nSPS) is 16.7. The van der Waals surface area contributed by atoms with Crippen LogP contribution in [0.5, 0.6) is 0 Å². The van der Waals surface area contributed by atoms with Gasteiger partial charge in [0.1, 0.15) is 10.8 Å². The Morgan fingerprint density at radius 1 is 1.32 bits per heavy atom. The molecule has 1 saturated carbocycles. The molecule has 0 aromatic rings. The number of rotatable bonds is 2. The predicted octanol–water partition coefficient (Wildman–Crippen LogP) is 0.492. The third-order valence-electron chi connectivity index (χ3n) is 2.34. The van der Waals surface area contributed by atoms with Crippen LogP contribution in [-0.4, -0.2) is 24.8 Å². The molecule has 1 amide bonds. The van der Waals surface area contributed by atoms with Crippen LogP contribution in [0, 0.1) is 0 Å². The fourth-order valence-electron chi connectivity index (χ4n) is 1.47. The van der Waals surface area contributed by atoms with E-state index < -0.39 is 26.4 Å². The SMILES string of the molecule is CC(C)(C)NC(=O)[O-].CC(C)=CC1(S(N)(=O)=O)CC1. The minimum absolute atomic E-state index is 0.390. The van der Waals surface area contributed by atoms with Crippen molar-refractivity contribution in [3.63, 3.8) is 0 Å². The fourth-order valence-corrected chi connectivity index (χ4v) is 2.54. The number of hydrogen-bond donors (Lipinski definition) is 2. The van der Waals surface area contributed by atoms with Crippen LogP contribution in [0.2, 0.25) is 0 Å². The number of carboxylic acid groups (broad SMARTS) is 1. The van der Waals surface area contributed by atoms with Gasteiger partial charge in [0.05, 0.1) is 0 Å². The summed E-state index contributed by atoms with van der Waals surface area (Å²) in [6.45, 7) is 9.02. The van der Waals surface area contributed by atoms with Crippen LogP contribution in [0.25, 0.3) is 0 Å². The minimum Gasteiger partial charge on any atom is -0.530 e. The molecule has 0 aromatic heterocycles. The molecule has 1 aliphatic carbocycles. The largest absolute Gasteiger partial charge is 0.530 e. The Balaban J connectivity index is 0.000000362. The highest BCUT2D eigenvalue weighted by atomic mass is 32.2. The fraction of sp³-hybridized carbons (Fsp3) is 0.750. The first kappa shape index (κ1) is 17.9. The number of nitrogens with two attached hydrogens (primary N) is 1. The molecule has 1 aliphatic rings. The summed E-state index contributed by atoms with van der Waals surface area (Å²) in [4.78, 5) is 9.79. The molecule has 0 saturated heterocycles. The zero-order valence-electron chi connectivity index (χ0n) is 12.1. The van der Waals surface area contributed by atoms with Crippen LogP contribution in [0.15, 0.2) is 11.6 Å². The minimum atomic E-state index is -3.36. The van der Waals surface area contributed by atoms with E-state index in [0.717, 1.165) is 5.57 Å².